The van der Waals surface area contributed by atoms with Crippen molar-refractivity contribution in [1.29, 1.82) is 0 Å². The van der Waals surface area contributed by atoms with Gasteiger partial charge in [-0.2, -0.15) is 4.39 Å². The standard InChI is InChI=1S/C14H13F2NO/c1-9(17)10-5-2-3-7-12(10)18-13-8-4-6-11(15)14(13)16/h2-9H,17H2,1H3. The number of ether oxygens (including phenoxy) is 1. The van der Waals surface area contributed by atoms with Crippen LogP contribution in [0.15, 0.2) is 42.5 Å². The first-order valence-corrected chi connectivity index (χ1v) is 5.56. The van der Waals surface area contributed by atoms with E-state index in [0.717, 1.165) is 11.6 Å². The van der Waals surface area contributed by atoms with Gasteiger partial charge < -0.3 is 10.5 Å². The summed E-state index contributed by atoms with van der Waals surface area (Å²) in [5.41, 5.74) is 6.53. The molecule has 2 rings (SSSR count). The monoisotopic (exact) mass is 249 g/mol. The maximum Gasteiger partial charge on any atom is 0.201 e. The fourth-order valence-electron chi connectivity index (χ4n) is 1.63. The molecule has 0 aliphatic carbocycles. The lowest BCUT2D eigenvalue weighted by Gasteiger charge is -2.13. The number of halogens is 2. The first kappa shape index (κ1) is 12.5. The molecule has 2 nitrogen and oxygen atoms in total. The van der Waals surface area contributed by atoms with Crippen molar-refractivity contribution in [3.8, 4) is 11.5 Å². The predicted molar refractivity (Wildman–Crippen MR) is 65.5 cm³/mol. The predicted octanol–water partition coefficient (Wildman–Crippen LogP) is 3.78. The van der Waals surface area contributed by atoms with Crippen LogP contribution in [-0.2, 0) is 0 Å². The molecule has 0 bridgehead atoms. The molecular weight excluding hydrogens is 236 g/mol. The Hall–Kier alpha value is -1.94. The quantitative estimate of drug-likeness (QED) is 0.898. The van der Waals surface area contributed by atoms with E-state index in [4.69, 9.17) is 10.5 Å². The van der Waals surface area contributed by atoms with E-state index in [9.17, 15) is 8.78 Å². The molecule has 1 unspecified atom stereocenters. The second-order valence-electron chi connectivity index (χ2n) is 3.98. The summed E-state index contributed by atoms with van der Waals surface area (Å²) >= 11 is 0. The molecule has 0 saturated carbocycles. The van der Waals surface area contributed by atoms with Gasteiger partial charge in [0.15, 0.2) is 11.6 Å². The highest BCUT2D eigenvalue weighted by atomic mass is 19.2. The van der Waals surface area contributed by atoms with E-state index < -0.39 is 11.6 Å². The maximum absolute atomic E-state index is 13.5. The zero-order chi connectivity index (χ0) is 13.1. The minimum absolute atomic E-state index is 0.150. The summed E-state index contributed by atoms with van der Waals surface area (Å²) in [4.78, 5) is 0. The lowest BCUT2D eigenvalue weighted by atomic mass is 10.1. The van der Waals surface area contributed by atoms with Gasteiger partial charge in [-0.15, -0.1) is 0 Å². The first-order chi connectivity index (χ1) is 8.59. The largest absolute Gasteiger partial charge is 0.454 e. The normalized spacial score (nSPS) is 12.2. The van der Waals surface area contributed by atoms with Crippen LogP contribution in [0.2, 0.25) is 0 Å². The molecule has 4 heteroatoms. The molecule has 18 heavy (non-hydrogen) atoms. The van der Waals surface area contributed by atoms with E-state index in [1.54, 1.807) is 25.1 Å². The van der Waals surface area contributed by atoms with E-state index >= 15 is 0 Å². The molecule has 0 spiro atoms. The average molecular weight is 249 g/mol. The molecule has 0 radical (unpaired) electrons. The molecule has 0 amide bonds. The average Bonchev–Trinajstić information content (AvgIpc) is 2.35. The van der Waals surface area contributed by atoms with Crippen LogP contribution < -0.4 is 10.5 Å². The van der Waals surface area contributed by atoms with Crippen molar-refractivity contribution < 1.29 is 13.5 Å². The van der Waals surface area contributed by atoms with Crippen LogP contribution in [0.4, 0.5) is 8.78 Å². The summed E-state index contributed by atoms with van der Waals surface area (Å²) in [6, 6.07) is 10.6. The molecule has 0 aliphatic rings. The van der Waals surface area contributed by atoms with Crippen LogP contribution in [0.3, 0.4) is 0 Å². The minimum Gasteiger partial charge on any atom is -0.454 e. The van der Waals surface area contributed by atoms with Crippen molar-refractivity contribution in [1.82, 2.24) is 0 Å². The highest BCUT2D eigenvalue weighted by Gasteiger charge is 2.13. The Balaban J connectivity index is 2.37. The Labute approximate surface area is 104 Å². The smallest absolute Gasteiger partial charge is 0.201 e. The third-order valence-electron chi connectivity index (χ3n) is 2.55. The third kappa shape index (κ3) is 2.49. The van der Waals surface area contributed by atoms with Gasteiger partial charge in [0.1, 0.15) is 5.75 Å². The highest BCUT2D eigenvalue weighted by molar-refractivity contribution is 5.39. The van der Waals surface area contributed by atoms with Gasteiger partial charge in [-0.25, -0.2) is 4.39 Å². The second kappa shape index (κ2) is 5.14. The highest BCUT2D eigenvalue weighted by Crippen LogP contribution is 2.30. The van der Waals surface area contributed by atoms with Crippen LogP contribution in [0.5, 0.6) is 11.5 Å². The number of benzene rings is 2. The van der Waals surface area contributed by atoms with Crippen LogP contribution in [0, 0.1) is 11.6 Å². The van der Waals surface area contributed by atoms with Gasteiger partial charge in [0.25, 0.3) is 0 Å². The Morgan fingerprint density at radius 3 is 2.39 bits per heavy atom. The molecule has 2 aromatic carbocycles. The number of nitrogens with two attached hydrogens (primary N) is 1. The molecule has 0 heterocycles. The molecule has 0 aromatic heterocycles. The van der Waals surface area contributed by atoms with Gasteiger partial charge in [0.2, 0.25) is 5.82 Å². The van der Waals surface area contributed by atoms with Crippen molar-refractivity contribution in [2.24, 2.45) is 5.73 Å². The van der Waals surface area contributed by atoms with Gasteiger partial charge in [-0.05, 0) is 25.1 Å². The number of hydrogen-bond acceptors (Lipinski definition) is 2. The first-order valence-electron chi connectivity index (χ1n) is 5.56. The van der Waals surface area contributed by atoms with Crippen LogP contribution in [0.1, 0.15) is 18.5 Å². The van der Waals surface area contributed by atoms with Gasteiger partial charge in [-0.3, -0.25) is 0 Å². The van der Waals surface area contributed by atoms with E-state index in [1.165, 1.54) is 12.1 Å². The molecule has 0 saturated heterocycles. The number of hydrogen-bond donors (Lipinski definition) is 1. The van der Waals surface area contributed by atoms with Gasteiger partial charge >= 0.3 is 0 Å². The third-order valence-corrected chi connectivity index (χ3v) is 2.55. The number of para-hydroxylation sites is 1. The lowest BCUT2D eigenvalue weighted by molar-refractivity contribution is 0.411. The van der Waals surface area contributed by atoms with E-state index in [1.807, 2.05) is 6.07 Å². The van der Waals surface area contributed by atoms with Gasteiger partial charge in [0.05, 0.1) is 0 Å². The summed E-state index contributed by atoms with van der Waals surface area (Å²) in [6.07, 6.45) is 0. The molecule has 2 aromatic rings. The fourth-order valence-corrected chi connectivity index (χ4v) is 1.63. The van der Waals surface area contributed by atoms with Crippen LogP contribution in [-0.4, -0.2) is 0 Å². The Morgan fingerprint density at radius 1 is 1.00 bits per heavy atom. The topological polar surface area (TPSA) is 35.2 Å². The molecule has 1 atom stereocenters. The van der Waals surface area contributed by atoms with Crippen LogP contribution >= 0.6 is 0 Å². The summed E-state index contributed by atoms with van der Waals surface area (Å²) in [6.45, 7) is 1.80. The summed E-state index contributed by atoms with van der Waals surface area (Å²) in [7, 11) is 0. The summed E-state index contributed by atoms with van der Waals surface area (Å²) < 4.78 is 31.9. The summed E-state index contributed by atoms with van der Waals surface area (Å²) in [5.74, 6) is -1.66. The molecule has 0 aliphatic heterocycles. The molecule has 0 fully saturated rings. The van der Waals surface area contributed by atoms with Crippen molar-refractivity contribution in [2.45, 2.75) is 13.0 Å². The number of rotatable bonds is 3. The Morgan fingerprint density at radius 2 is 1.67 bits per heavy atom. The Bertz CT molecular complexity index is 555. The Kier molecular flexibility index (Phi) is 3.58. The zero-order valence-corrected chi connectivity index (χ0v) is 9.86. The molecular formula is C14H13F2NO. The van der Waals surface area contributed by atoms with E-state index in [-0.39, 0.29) is 11.8 Å². The zero-order valence-electron chi connectivity index (χ0n) is 9.86. The van der Waals surface area contributed by atoms with E-state index in [0.29, 0.717) is 5.75 Å². The fraction of sp³-hybridized carbons (Fsp3) is 0.143. The van der Waals surface area contributed by atoms with Crippen molar-refractivity contribution in [3.63, 3.8) is 0 Å². The lowest BCUT2D eigenvalue weighted by Crippen LogP contribution is -2.06. The molecule has 2 N–H and O–H groups in total. The van der Waals surface area contributed by atoms with Gasteiger partial charge in [0, 0.05) is 11.6 Å². The van der Waals surface area contributed by atoms with Crippen LogP contribution in [0.25, 0.3) is 0 Å². The summed E-state index contributed by atoms with van der Waals surface area (Å²) in [5, 5.41) is 0. The molecule has 94 valence electrons. The maximum atomic E-state index is 13.5. The van der Waals surface area contributed by atoms with Gasteiger partial charge in [-0.1, -0.05) is 24.3 Å². The SMILES string of the molecule is CC(N)c1ccccc1Oc1cccc(F)c1F. The van der Waals surface area contributed by atoms with Crippen molar-refractivity contribution in [2.75, 3.05) is 0 Å². The second-order valence-corrected chi connectivity index (χ2v) is 3.98. The van der Waals surface area contributed by atoms with E-state index in [2.05, 4.69) is 0 Å². The minimum atomic E-state index is -1.00. The van der Waals surface area contributed by atoms with Crippen molar-refractivity contribution in [3.05, 3.63) is 59.7 Å². The van der Waals surface area contributed by atoms with Crippen molar-refractivity contribution >= 4 is 0 Å².